The molecule has 2 nitrogen and oxygen atoms in total. The second kappa shape index (κ2) is 4.22. The van der Waals surface area contributed by atoms with Gasteiger partial charge in [0.1, 0.15) is 0 Å². The lowest BCUT2D eigenvalue weighted by Gasteiger charge is -2.02. The molecule has 0 atom stereocenters. The summed E-state index contributed by atoms with van der Waals surface area (Å²) in [5, 5.41) is 4.45. The minimum absolute atomic E-state index is 1.14. The first kappa shape index (κ1) is 10.9. The lowest BCUT2D eigenvalue weighted by Crippen LogP contribution is -1.86. The fourth-order valence-electron chi connectivity index (χ4n) is 2.39. The van der Waals surface area contributed by atoms with Crippen LogP contribution >= 0.6 is 0 Å². The molecule has 3 rings (SSSR count). The summed E-state index contributed by atoms with van der Waals surface area (Å²) in [6, 6.07) is 17.0. The van der Waals surface area contributed by atoms with Crippen LogP contribution in [-0.4, -0.2) is 11.6 Å². The van der Waals surface area contributed by atoms with Gasteiger partial charge in [-0.2, -0.15) is 0 Å². The molecule has 1 N–H and O–H groups in total. The number of benzene rings is 2. The van der Waals surface area contributed by atoms with E-state index in [-0.39, 0.29) is 0 Å². The summed E-state index contributed by atoms with van der Waals surface area (Å²) in [4.78, 5) is 0. The van der Waals surface area contributed by atoms with Crippen molar-refractivity contribution in [2.75, 3.05) is 12.4 Å². The van der Waals surface area contributed by atoms with Crippen LogP contribution in [0.4, 0.5) is 5.69 Å². The van der Waals surface area contributed by atoms with Gasteiger partial charge in [-0.05, 0) is 23.8 Å². The van der Waals surface area contributed by atoms with Crippen molar-refractivity contribution in [3.05, 3.63) is 54.7 Å². The highest BCUT2D eigenvalue weighted by Gasteiger charge is 2.07. The Morgan fingerprint density at radius 3 is 2.39 bits per heavy atom. The van der Waals surface area contributed by atoms with Gasteiger partial charge in [0, 0.05) is 42.4 Å². The maximum absolute atomic E-state index is 3.14. The Morgan fingerprint density at radius 1 is 0.944 bits per heavy atom. The maximum Gasteiger partial charge on any atom is 0.0484 e. The molecule has 2 heteroatoms. The number of para-hydroxylation sites is 1. The molecule has 0 bridgehead atoms. The zero-order valence-electron chi connectivity index (χ0n) is 10.6. The number of aryl methyl sites for hydroxylation is 1. The summed E-state index contributed by atoms with van der Waals surface area (Å²) >= 11 is 0. The second-order valence-electron chi connectivity index (χ2n) is 4.50. The van der Waals surface area contributed by atoms with Crippen molar-refractivity contribution >= 4 is 16.6 Å². The molecule has 90 valence electrons. The van der Waals surface area contributed by atoms with Gasteiger partial charge < -0.3 is 9.88 Å². The number of aromatic nitrogens is 1. The van der Waals surface area contributed by atoms with Gasteiger partial charge in [-0.3, -0.25) is 0 Å². The number of rotatable bonds is 2. The highest BCUT2D eigenvalue weighted by molar-refractivity contribution is 5.96. The fraction of sp³-hybridized carbons (Fsp3) is 0.125. The van der Waals surface area contributed by atoms with E-state index in [0.717, 1.165) is 5.69 Å². The highest BCUT2D eigenvalue weighted by Crippen LogP contribution is 2.30. The standard InChI is InChI=1S/C16H16N2/c1-17-13-9-7-12(8-10-13)15-11-18(2)16-6-4-3-5-14(15)16/h3-11,17H,1-2H3. The predicted octanol–water partition coefficient (Wildman–Crippen LogP) is 3.89. The van der Waals surface area contributed by atoms with Crippen LogP contribution in [0.25, 0.3) is 22.0 Å². The normalized spacial score (nSPS) is 10.8. The van der Waals surface area contributed by atoms with Gasteiger partial charge in [0.2, 0.25) is 0 Å². The Hall–Kier alpha value is -2.22. The van der Waals surface area contributed by atoms with Crippen molar-refractivity contribution in [3.8, 4) is 11.1 Å². The molecule has 0 saturated heterocycles. The van der Waals surface area contributed by atoms with Crippen LogP contribution in [0.1, 0.15) is 0 Å². The van der Waals surface area contributed by atoms with Gasteiger partial charge in [0.05, 0.1) is 0 Å². The Labute approximate surface area is 107 Å². The minimum Gasteiger partial charge on any atom is -0.388 e. The number of hydrogen-bond acceptors (Lipinski definition) is 1. The van der Waals surface area contributed by atoms with Crippen molar-refractivity contribution in [2.45, 2.75) is 0 Å². The first-order valence-electron chi connectivity index (χ1n) is 6.12. The second-order valence-corrected chi connectivity index (χ2v) is 4.50. The molecule has 0 unspecified atom stereocenters. The van der Waals surface area contributed by atoms with Crippen LogP contribution < -0.4 is 5.32 Å². The quantitative estimate of drug-likeness (QED) is 0.714. The maximum atomic E-state index is 3.14. The lowest BCUT2D eigenvalue weighted by atomic mass is 10.0. The van der Waals surface area contributed by atoms with Crippen LogP contribution in [0, 0.1) is 0 Å². The molecular weight excluding hydrogens is 220 g/mol. The Morgan fingerprint density at radius 2 is 1.67 bits per heavy atom. The van der Waals surface area contributed by atoms with Crippen LogP contribution in [0.3, 0.4) is 0 Å². The summed E-state index contributed by atoms with van der Waals surface area (Å²) in [6.07, 6.45) is 2.19. The van der Waals surface area contributed by atoms with E-state index in [4.69, 9.17) is 0 Å². The summed E-state index contributed by atoms with van der Waals surface area (Å²) < 4.78 is 2.18. The van der Waals surface area contributed by atoms with E-state index in [0.29, 0.717) is 0 Å². The van der Waals surface area contributed by atoms with E-state index in [9.17, 15) is 0 Å². The van der Waals surface area contributed by atoms with Gasteiger partial charge in [0.15, 0.2) is 0 Å². The van der Waals surface area contributed by atoms with Gasteiger partial charge in [-0.15, -0.1) is 0 Å². The monoisotopic (exact) mass is 236 g/mol. The van der Waals surface area contributed by atoms with E-state index in [1.165, 1.54) is 22.0 Å². The predicted molar refractivity (Wildman–Crippen MR) is 77.9 cm³/mol. The zero-order chi connectivity index (χ0) is 12.5. The van der Waals surface area contributed by atoms with E-state index in [1.54, 1.807) is 0 Å². The SMILES string of the molecule is CNc1ccc(-c2cn(C)c3ccccc23)cc1. The lowest BCUT2D eigenvalue weighted by molar-refractivity contribution is 0.970. The van der Waals surface area contributed by atoms with Gasteiger partial charge in [-0.25, -0.2) is 0 Å². The van der Waals surface area contributed by atoms with Crippen molar-refractivity contribution in [2.24, 2.45) is 7.05 Å². The number of anilines is 1. The Balaban J connectivity index is 2.18. The van der Waals surface area contributed by atoms with E-state index >= 15 is 0 Å². The molecule has 0 saturated carbocycles. The average Bonchev–Trinajstić information content (AvgIpc) is 2.77. The summed E-state index contributed by atoms with van der Waals surface area (Å²) in [7, 11) is 4.03. The molecule has 0 aliphatic rings. The van der Waals surface area contributed by atoms with E-state index in [1.807, 2.05) is 7.05 Å². The average molecular weight is 236 g/mol. The molecule has 0 amide bonds. The van der Waals surface area contributed by atoms with Crippen molar-refractivity contribution in [3.63, 3.8) is 0 Å². The minimum atomic E-state index is 1.14. The third-order valence-corrected chi connectivity index (χ3v) is 3.38. The summed E-state index contributed by atoms with van der Waals surface area (Å²) in [6.45, 7) is 0. The van der Waals surface area contributed by atoms with Crippen LogP contribution in [0.5, 0.6) is 0 Å². The molecule has 0 radical (unpaired) electrons. The van der Waals surface area contributed by atoms with Crippen LogP contribution in [-0.2, 0) is 7.05 Å². The molecule has 2 aromatic carbocycles. The smallest absolute Gasteiger partial charge is 0.0484 e. The van der Waals surface area contributed by atoms with E-state index in [2.05, 4.69) is 71.7 Å². The topological polar surface area (TPSA) is 17.0 Å². The van der Waals surface area contributed by atoms with Crippen LogP contribution in [0.2, 0.25) is 0 Å². The Kier molecular flexibility index (Phi) is 2.56. The van der Waals surface area contributed by atoms with E-state index < -0.39 is 0 Å². The number of fused-ring (bicyclic) bond motifs is 1. The van der Waals surface area contributed by atoms with Gasteiger partial charge in [-0.1, -0.05) is 30.3 Å². The van der Waals surface area contributed by atoms with Crippen LogP contribution in [0.15, 0.2) is 54.7 Å². The Bertz CT molecular complexity index is 678. The molecule has 18 heavy (non-hydrogen) atoms. The summed E-state index contributed by atoms with van der Waals surface area (Å²) in [5.74, 6) is 0. The van der Waals surface area contributed by atoms with Crippen molar-refractivity contribution < 1.29 is 0 Å². The third kappa shape index (κ3) is 1.66. The van der Waals surface area contributed by atoms with Crippen molar-refractivity contribution in [1.82, 2.24) is 4.57 Å². The zero-order valence-corrected chi connectivity index (χ0v) is 10.6. The molecular formula is C16H16N2. The van der Waals surface area contributed by atoms with Crippen molar-refractivity contribution in [1.29, 1.82) is 0 Å². The number of nitrogens with one attached hydrogen (secondary N) is 1. The van der Waals surface area contributed by atoms with Gasteiger partial charge in [0.25, 0.3) is 0 Å². The highest BCUT2D eigenvalue weighted by atomic mass is 14.9. The molecule has 0 fully saturated rings. The molecule has 1 aromatic heterocycles. The molecule has 0 spiro atoms. The first-order valence-corrected chi connectivity index (χ1v) is 6.12. The molecule has 1 heterocycles. The molecule has 3 aromatic rings. The fourth-order valence-corrected chi connectivity index (χ4v) is 2.39. The molecule has 0 aliphatic carbocycles. The summed E-state index contributed by atoms with van der Waals surface area (Å²) in [5.41, 5.74) is 4.95. The largest absolute Gasteiger partial charge is 0.388 e. The van der Waals surface area contributed by atoms with Gasteiger partial charge >= 0.3 is 0 Å². The molecule has 0 aliphatic heterocycles. The third-order valence-electron chi connectivity index (χ3n) is 3.38. The first-order chi connectivity index (χ1) is 8.79. The number of hydrogen-bond donors (Lipinski definition) is 1. The number of nitrogens with zero attached hydrogens (tertiary/aromatic N) is 1.